The minimum Gasteiger partial charge on any atom is -0.507 e. The number of carbonyl (C=O) groups is 2. The van der Waals surface area contributed by atoms with Crippen molar-refractivity contribution in [1.29, 1.82) is 0 Å². The van der Waals surface area contributed by atoms with Crippen LogP contribution in [0.1, 0.15) is 49.4 Å². The Morgan fingerprint density at radius 2 is 1.70 bits per heavy atom. The van der Waals surface area contributed by atoms with Crippen LogP contribution in [0.25, 0.3) is 0 Å². The Bertz CT molecular complexity index is 1010. The Kier molecular flexibility index (Phi) is 3.76. The number of methoxy groups -OCH3 is 1. The number of carbonyl (C=O) groups excluding carboxylic acids is 2. The van der Waals surface area contributed by atoms with Gasteiger partial charge in [-0.25, -0.2) is 0 Å². The fourth-order valence-electron chi connectivity index (χ4n) is 4.02. The van der Waals surface area contributed by atoms with Gasteiger partial charge in [0.25, 0.3) is 0 Å². The van der Waals surface area contributed by atoms with Gasteiger partial charge < -0.3 is 25.2 Å². The van der Waals surface area contributed by atoms with Gasteiger partial charge >= 0.3 is 0 Å². The molecule has 1 atom stereocenters. The van der Waals surface area contributed by atoms with Crippen molar-refractivity contribution in [3.05, 3.63) is 51.6 Å². The van der Waals surface area contributed by atoms with E-state index in [1.54, 1.807) is 12.1 Å². The number of hydrogen-bond acceptors (Lipinski definition) is 7. The van der Waals surface area contributed by atoms with Crippen LogP contribution in [-0.2, 0) is 12.8 Å². The minimum absolute atomic E-state index is 0.0508. The third-order valence-corrected chi connectivity index (χ3v) is 5.47. The first kappa shape index (κ1) is 17.5. The first-order chi connectivity index (χ1) is 12.8. The summed E-state index contributed by atoms with van der Waals surface area (Å²) < 4.78 is 5.19. The summed E-state index contributed by atoms with van der Waals surface area (Å²) in [5.41, 5.74) is -1.36. The molecule has 27 heavy (non-hydrogen) atoms. The lowest BCUT2D eigenvalue weighted by molar-refractivity contribution is -0.0254. The molecule has 0 aliphatic heterocycles. The molecule has 4 rings (SSSR count). The molecule has 7 nitrogen and oxygen atoms in total. The molecule has 0 spiro atoms. The van der Waals surface area contributed by atoms with Gasteiger partial charge in [0, 0.05) is 23.1 Å². The number of aliphatic hydroxyl groups is 2. The number of ketones is 2. The molecule has 0 bridgehead atoms. The molecule has 0 amide bonds. The zero-order valence-electron chi connectivity index (χ0n) is 14.6. The first-order valence-corrected chi connectivity index (χ1v) is 8.52. The summed E-state index contributed by atoms with van der Waals surface area (Å²) in [6, 6.07) is 4.57. The van der Waals surface area contributed by atoms with Crippen LogP contribution in [0.15, 0.2) is 18.2 Å². The smallest absolute Gasteiger partial charge is 0.202 e. The number of rotatable bonds is 2. The van der Waals surface area contributed by atoms with E-state index in [0.29, 0.717) is 5.56 Å². The Balaban J connectivity index is 2.01. The van der Waals surface area contributed by atoms with Crippen molar-refractivity contribution in [3.63, 3.8) is 0 Å². The van der Waals surface area contributed by atoms with Crippen LogP contribution in [0.5, 0.6) is 17.2 Å². The topological polar surface area (TPSA) is 124 Å². The summed E-state index contributed by atoms with van der Waals surface area (Å²) >= 11 is 0. The number of aromatic hydroxyl groups is 2. The lowest BCUT2D eigenvalue weighted by Crippen LogP contribution is -2.40. The van der Waals surface area contributed by atoms with Crippen LogP contribution in [0, 0.1) is 0 Å². The molecule has 2 aromatic rings. The second kappa shape index (κ2) is 5.80. The van der Waals surface area contributed by atoms with Gasteiger partial charge in [0.05, 0.1) is 36.0 Å². The predicted molar refractivity (Wildman–Crippen MR) is 93.7 cm³/mol. The lowest BCUT2D eigenvalue weighted by Gasteiger charge is -2.34. The monoisotopic (exact) mass is 370 g/mol. The predicted octanol–water partition coefficient (Wildman–Crippen LogP) is 1.09. The maximum Gasteiger partial charge on any atom is 0.202 e. The van der Waals surface area contributed by atoms with Gasteiger partial charge in [-0.05, 0) is 18.9 Å². The normalized spacial score (nSPS) is 20.7. The molecule has 7 heteroatoms. The van der Waals surface area contributed by atoms with Crippen LogP contribution in [-0.4, -0.2) is 51.3 Å². The fraction of sp³-hybridized carbons (Fsp3) is 0.300. The second-order valence-corrected chi connectivity index (χ2v) is 7.00. The highest BCUT2D eigenvalue weighted by molar-refractivity contribution is 6.31. The number of phenols is 2. The highest BCUT2D eigenvalue weighted by atomic mass is 16.5. The minimum atomic E-state index is -1.45. The Labute approximate surface area is 154 Å². The summed E-state index contributed by atoms with van der Waals surface area (Å²) in [4.78, 5) is 26.1. The zero-order valence-corrected chi connectivity index (χ0v) is 14.6. The number of benzene rings is 2. The SMILES string of the molecule is COc1cccc2c1C(=O)c1c(O)c3c(c(O)c1C2=O)C[C@](O)(CO)CC3. The number of phenolic OH excluding ortho intramolecular Hbond substituents is 2. The molecule has 2 aliphatic rings. The van der Waals surface area contributed by atoms with E-state index in [1.807, 2.05) is 0 Å². The fourth-order valence-corrected chi connectivity index (χ4v) is 4.02. The Morgan fingerprint density at radius 3 is 2.37 bits per heavy atom. The van der Waals surface area contributed by atoms with Crippen LogP contribution in [0.2, 0.25) is 0 Å². The van der Waals surface area contributed by atoms with E-state index < -0.39 is 29.5 Å². The second-order valence-electron chi connectivity index (χ2n) is 7.00. The largest absolute Gasteiger partial charge is 0.507 e. The van der Waals surface area contributed by atoms with Crippen molar-refractivity contribution < 1.29 is 34.8 Å². The van der Waals surface area contributed by atoms with Gasteiger partial charge in [-0.2, -0.15) is 0 Å². The van der Waals surface area contributed by atoms with Gasteiger partial charge in [0.1, 0.15) is 17.2 Å². The van der Waals surface area contributed by atoms with E-state index in [-0.39, 0.29) is 58.6 Å². The van der Waals surface area contributed by atoms with Crippen LogP contribution in [0.4, 0.5) is 0 Å². The number of ether oxygens (including phenoxy) is 1. The highest BCUT2D eigenvalue weighted by Gasteiger charge is 2.42. The van der Waals surface area contributed by atoms with Crippen molar-refractivity contribution in [2.45, 2.75) is 24.9 Å². The molecule has 0 fully saturated rings. The van der Waals surface area contributed by atoms with Gasteiger partial charge in [-0.15, -0.1) is 0 Å². The van der Waals surface area contributed by atoms with Crippen LogP contribution in [0.3, 0.4) is 0 Å². The van der Waals surface area contributed by atoms with E-state index >= 15 is 0 Å². The summed E-state index contributed by atoms with van der Waals surface area (Å²) in [6.45, 7) is -0.517. The molecule has 0 saturated heterocycles. The maximum absolute atomic E-state index is 13.1. The third kappa shape index (κ3) is 2.28. The molecule has 0 heterocycles. The molecule has 2 aliphatic carbocycles. The molecule has 2 aromatic carbocycles. The Hall–Kier alpha value is -2.90. The molecule has 0 radical (unpaired) electrons. The summed E-state index contributed by atoms with van der Waals surface area (Å²) in [6.07, 6.45) is 0.182. The van der Waals surface area contributed by atoms with Crippen molar-refractivity contribution in [2.75, 3.05) is 13.7 Å². The summed E-state index contributed by atoms with van der Waals surface area (Å²) in [7, 11) is 1.38. The van der Waals surface area contributed by atoms with E-state index in [2.05, 4.69) is 0 Å². The van der Waals surface area contributed by atoms with E-state index in [9.17, 15) is 30.0 Å². The van der Waals surface area contributed by atoms with E-state index in [1.165, 1.54) is 13.2 Å². The molecular formula is C20H18O7. The first-order valence-electron chi connectivity index (χ1n) is 8.52. The molecule has 0 saturated carbocycles. The third-order valence-electron chi connectivity index (χ3n) is 5.47. The molecule has 4 N–H and O–H groups in total. The lowest BCUT2D eigenvalue weighted by atomic mass is 9.74. The van der Waals surface area contributed by atoms with Crippen molar-refractivity contribution in [1.82, 2.24) is 0 Å². The summed E-state index contributed by atoms with van der Waals surface area (Å²) in [5, 5.41) is 41.3. The zero-order chi connectivity index (χ0) is 19.5. The number of hydrogen-bond donors (Lipinski definition) is 4. The van der Waals surface area contributed by atoms with Gasteiger partial charge in [-0.3, -0.25) is 9.59 Å². The van der Waals surface area contributed by atoms with Gasteiger partial charge in [-0.1, -0.05) is 12.1 Å². The number of fused-ring (bicyclic) bond motifs is 3. The number of aliphatic hydroxyl groups excluding tert-OH is 1. The van der Waals surface area contributed by atoms with Gasteiger partial charge in [0.15, 0.2) is 5.78 Å². The van der Waals surface area contributed by atoms with Crippen molar-refractivity contribution in [2.24, 2.45) is 0 Å². The average Bonchev–Trinajstić information content (AvgIpc) is 2.68. The Morgan fingerprint density at radius 1 is 1.04 bits per heavy atom. The molecular weight excluding hydrogens is 352 g/mol. The standard InChI is InChI=1S/C20H18O7/c1-27-12-4-2-3-10-13(12)19(25)15-14(17(10)23)18(24)11-7-20(26,8-21)6-5-9(11)16(15)22/h2-4,21-22,24,26H,5-8H2,1H3/t20-/m0/s1. The highest BCUT2D eigenvalue weighted by Crippen LogP contribution is 2.47. The molecule has 0 unspecified atom stereocenters. The maximum atomic E-state index is 13.1. The van der Waals surface area contributed by atoms with Crippen LogP contribution >= 0.6 is 0 Å². The van der Waals surface area contributed by atoms with E-state index in [4.69, 9.17) is 4.74 Å². The summed E-state index contributed by atoms with van der Waals surface area (Å²) in [5.74, 6) is -1.80. The molecule has 0 aromatic heterocycles. The average molecular weight is 370 g/mol. The van der Waals surface area contributed by atoms with Crippen molar-refractivity contribution >= 4 is 11.6 Å². The molecule has 140 valence electrons. The quantitative estimate of drug-likeness (QED) is 0.498. The van der Waals surface area contributed by atoms with Crippen molar-refractivity contribution in [3.8, 4) is 17.2 Å². The van der Waals surface area contributed by atoms with E-state index in [0.717, 1.165) is 0 Å². The van der Waals surface area contributed by atoms with Crippen LogP contribution < -0.4 is 4.74 Å². The van der Waals surface area contributed by atoms with Gasteiger partial charge in [0.2, 0.25) is 5.78 Å².